The average molecular weight is 349 g/mol. The molecule has 1 amide bonds. The van der Waals surface area contributed by atoms with E-state index in [9.17, 15) is 4.79 Å². The van der Waals surface area contributed by atoms with Crippen molar-refractivity contribution in [2.45, 2.75) is 26.7 Å². The molecular weight excluding hydrogens is 314 g/mol. The smallest absolute Gasteiger partial charge is 0.246 e. The number of nitrogens with one attached hydrogen (secondary N) is 1. The van der Waals surface area contributed by atoms with E-state index in [-0.39, 0.29) is 12.5 Å². The van der Waals surface area contributed by atoms with Crippen molar-refractivity contribution in [1.82, 2.24) is 5.32 Å². The molecule has 144 valence electrons. The first kappa shape index (κ1) is 23.3. The maximum absolute atomic E-state index is 11.5. The molecule has 0 saturated carbocycles. The molecular formula is C17H35NO6. The molecule has 1 N–H and O–H groups in total. The molecule has 0 bridgehead atoms. The van der Waals surface area contributed by atoms with E-state index >= 15 is 0 Å². The van der Waals surface area contributed by atoms with Gasteiger partial charge in [-0.3, -0.25) is 4.79 Å². The van der Waals surface area contributed by atoms with E-state index in [0.717, 1.165) is 13.0 Å². The summed E-state index contributed by atoms with van der Waals surface area (Å²) in [5.74, 6) is 0.571. The number of amides is 1. The molecule has 0 radical (unpaired) electrons. The Bertz CT molecular complexity index is 276. The molecule has 0 aliphatic carbocycles. The highest BCUT2D eigenvalue weighted by Crippen LogP contribution is 2.02. The Morgan fingerprint density at radius 2 is 1.42 bits per heavy atom. The third-order valence-electron chi connectivity index (χ3n) is 3.05. The van der Waals surface area contributed by atoms with E-state index < -0.39 is 0 Å². The number of methoxy groups -OCH3 is 1. The van der Waals surface area contributed by atoms with Crippen LogP contribution in [0.1, 0.15) is 26.7 Å². The van der Waals surface area contributed by atoms with Gasteiger partial charge in [-0.05, 0) is 18.8 Å². The zero-order chi connectivity index (χ0) is 17.9. The first-order valence-electron chi connectivity index (χ1n) is 8.73. The molecule has 0 aromatic rings. The SMILES string of the molecule is COCCOCCOCCOCC(=O)NCCOCCCC(C)C. The predicted octanol–water partition coefficient (Wildman–Crippen LogP) is 1.25. The van der Waals surface area contributed by atoms with Crippen molar-refractivity contribution >= 4 is 5.91 Å². The zero-order valence-electron chi connectivity index (χ0n) is 15.5. The molecule has 0 aliphatic rings. The van der Waals surface area contributed by atoms with Crippen molar-refractivity contribution in [3.63, 3.8) is 0 Å². The van der Waals surface area contributed by atoms with Crippen LogP contribution < -0.4 is 5.32 Å². The van der Waals surface area contributed by atoms with Crippen LogP contribution in [-0.4, -0.2) is 79.0 Å². The van der Waals surface area contributed by atoms with Crippen molar-refractivity contribution in [1.29, 1.82) is 0 Å². The Morgan fingerprint density at radius 1 is 0.833 bits per heavy atom. The van der Waals surface area contributed by atoms with Crippen LogP contribution in [0, 0.1) is 5.92 Å². The summed E-state index contributed by atoms with van der Waals surface area (Å²) in [4.78, 5) is 11.5. The minimum Gasteiger partial charge on any atom is -0.382 e. The lowest BCUT2D eigenvalue weighted by Crippen LogP contribution is -2.31. The van der Waals surface area contributed by atoms with Gasteiger partial charge in [-0.25, -0.2) is 0 Å². The van der Waals surface area contributed by atoms with E-state index in [0.29, 0.717) is 58.7 Å². The van der Waals surface area contributed by atoms with Gasteiger partial charge in [-0.1, -0.05) is 13.8 Å². The van der Waals surface area contributed by atoms with Crippen LogP contribution >= 0.6 is 0 Å². The van der Waals surface area contributed by atoms with E-state index in [1.807, 2.05) is 0 Å². The van der Waals surface area contributed by atoms with Gasteiger partial charge in [-0.15, -0.1) is 0 Å². The van der Waals surface area contributed by atoms with Crippen LogP contribution in [0.5, 0.6) is 0 Å². The normalized spacial score (nSPS) is 11.2. The lowest BCUT2D eigenvalue weighted by atomic mass is 10.1. The quantitative estimate of drug-likeness (QED) is 0.375. The molecule has 0 aliphatic heterocycles. The van der Waals surface area contributed by atoms with Gasteiger partial charge >= 0.3 is 0 Å². The van der Waals surface area contributed by atoms with E-state index in [1.54, 1.807) is 7.11 Å². The van der Waals surface area contributed by atoms with Crippen LogP contribution in [0.15, 0.2) is 0 Å². The molecule has 0 fully saturated rings. The third kappa shape index (κ3) is 19.3. The van der Waals surface area contributed by atoms with Gasteiger partial charge in [0.2, 0.25) is 5.91 Å². The fraction of sp³-hybridized carbons (Fsp3) is 0.941. The third-order valence-corrected chi connectivity index (χ3v) is 3.05. The van der Waals surface area contributed by atoms with Gasteiger partial charge in [-0.2, -0.15) is 0 Å². The average Bonchev–Trinajstić information content (AvgIpc) is 2.55. The molecule has 0 atom stereocenters. The molecule has 0 saturated heterocycles. The van der Waals surface area contributed by atoms with Crippen LogP contribution in [-0.2, 0) is 28.5 Å². The molecule has 7 nitrogen and oxygen atoms in total. The first-order valence-corrected chi connectivity index (χ1v) is 8.73. The Kier molecular flexibility index (Phi) is 18.0. The molecule has 0 rings (SSSR count). The summed E-state index contributed by atoms with van der Waals surface area (Å²) >= 11 is 0. The second-order valence-electron chi connectivity index (χ2n) is 5.77. The van der Waals surface area contributed by atoms with Gasteiger partial charge < -0.3 is 29.0 Å². The van der Waals surface area contributed by atoms with Gasteiger partial charge in [0.1, 0.15) is 6.61 Å². The maximum Gasteiger partial charge on any atom is 0.246 e. The van der Waals surface area contributed by atoms with Gasteiger partial charge in [0, 0.05) is 20.3 Å². The minimum atomic E-state index is -0.135. The van der Waals surface area contributed by atoms with Crippen LogP contribution in [0.2, 0.25) is 0 Å². The highest BCUT2D eigenvalue weighted by molar-refractivity contribution is 5.77. The number of ether oxygens (including phenoxy) is 5. The largest absolute Gasteiger partial charge is 0.382 e. The highest BCUT2D eigenvalue weighted by Gasteiger charge is 2.01. The summed E-state index contributed by atoms with van der Waals surface area (Å²) in [5, 5.41) is 2.75. The van der Waals surface area contributed by atoms with Crippen molar-refractivity contribution < 1.29 is 28.5 Å². The topological polar surface area (TPSA) is 75.2 Å². The number of hydrogen-bond donors (Lipinski definition) is 1. The van der Waals surface area contributed by atoms with Crippen LogP contribution in [0.25, 0.3) is 0 Å². The van der Waals surface area contributed by atoms with Crippen molar-refractivity contribution in [3.05, 3.63) is 0 Å². The van der Waals surface area contributed by atoms with E-state index in [1.165, 1.54) is 6.42 Å². The molecule has 0 aromatic carbocycles. The standard InChI is InChI=1S/C17H35NO6/c1-16(2)5-4-7-21-8-6-18-17(19)15-24-14-13-23-12-11-22-10-9-20-3/h16H,4-15H2,1-3H3,(H,18,19). The molecule has 0 unspecified atom stereocenters. The monoisotopic (exact) mass is 349 g/mol. The molecule has 0 aromatic heterocycles. The summed E-state index contributed by atoms with van der Waals surface area (Å²) in [6, 6.07) is 0. The number of rotatable bonds is 18. The summed E-state index contributed by atoms with van der Waals surface area (Å²) < 4.78 is 26.1. The van der Waals surface area contributed by atoms with Crippen molar-refractivity contribution in [2.75, 3.05) is 73.1 Å². The number of hydrogen-bond acceptors (Lipinski definition) is 6. The van der Waals surface area contributed by atoms with Gasteiger partial charge in [0.25, 0.3) is 0 Å². The second kappa shape index (κ2) is 18.6. The fourth-order valence-corrected chi connectivity index (χ4v) is 1.76. The molecule has 24 heavy (non-hydrogen) atoms. The second-order valence-corrected chi connectivity index (χ2v) is 5.77. The molecule has 7 heteroatoms. The van der Waals surface area contributed by atoms with Gasteiger partial charge in [0.15, 0.2) is 0 Å². The molecule has 0 heterocycles. The van der Waals surface area contributed by atoms with Crippen molar-refractivity contribution in [2.24, 2.45) is 5.92 Å². The van der Waals surface area contributed by atoms with Crippen LogP contribution in [0.3, 0.4) is 0 Å². The first-order chi connectivity index (χ1) is 11.7. The lowest BCUT2D eigenvalue weighted by Gasteiger charge is -2.08. The number of carbonyl (C=O) groups excluding carboxylic acids is 1. The zero-order valence-corrected chi connectivity index (χ0v) is 15.5. The Hall–Kier alpha value is -0.730. The predicted molar refractivity (Wildman–Crippen MR) is 92.2 cm³/mol. The number of carbonyl (C=O) groups is 1. The van der Waals surface area contributed by atoms with Crippen molar-refractivity contribution in [3.8, 4) is 0 Å². The fourth-order valence-electron chi connectivity index (χ4n) is 1.76. The minimum absolute atomic E-state index is 0.0427. The van der Waals surface area contributed by atoms with E-state index in [4.69, 9.17) is 23.7 Å². The summed E-state index contributed by atoms with van der Waals surface area (Å²) in [5.41, 5.74) is 0. The van der Waals surface area contributed by atoms with E-state index in [2.05, 4.69) is 19.2 Å². The Morgan fingerprint density at radius 3 is 2.04 bits per heavy atom. The maximum atomic E-state index is 11.5. The Labute approximate surface area is 146 Å². The summed E-state index contributed by atoms with van der Waals surface area (Å²) in [6.07, 6.45) is 2.23. The highest BCUT2D eigenvalue weighted by atomic mass is 16.6. The summed E-state index contributed by atoms with van der Waals surface area (Å²) in [7, 11) is 1.63. The lowest BCUT2D eigenvalue weighted by molar-refractivity contribution is -0.126. The van der Waals surface area contributed by atoms with Crippen LogP contribution in [0.4, 0.5) is 0 Å². The summed E-state index contributed by atoms with van der Waals surface area (Å²) in [6.45, 7) is 9.25. The Balaban J connectivity index is 3.16. The molecule has 0 spiro atoms. The van der Waals surface area contributed by atoms with Gasteiger partial charge in [0.05, 0.1) is 46.2 Å².